The summed E-state index contributed by atoms with van der Waals surface area (Å²) in [7, 11) is 1.95. The second-order valence-corrected chi connectivity index (χ2v) is 6.51. The second kappa shape index (κ2) is 8.27. The molecule has 1 amide bonds. The van der Waals surface area contributed by atoms with Gasteiger partial charge in [0.2, 0.25) is 5.91 Å². The largest absolute Gasteiger partial charge is 0.379 e. The summed E-state index contributed by atoms with van der Waals surface area (Å²) < 4.78 is 7.30. The molecule has 6 heteroatoms. The molecule has 6 nitrogen and oxygen atoms in total. The number of ether oxygens (including phenoxy) is 1. The SMILES string of the molecule is Cc1ccc(C(NC(=O)CCN2CCOCC2)c2nccn2C)cc1. The molecule has 25 heavy (non-hydrogen) atoms. The summed E-state index contributed by atoms with van der Waals surface area (Å²) in [4.78, 5) is 19.2. The van der Waals surface area contributed by atoms with Crippen LogP contribution in [0.15, 0.2) is 36.7 Å². The molecule has 1 unspecified atom stereocenters. The van der Waals surface area contributed by atoms with Crippen LogP contribution in [0.1, 0.15) is 29.4 Å². The highest BCUT2D eigenvalue weighted by Gasteiger charge is 2.21. The third-order valence-electron chi connectivity index (χ3n) is 4.59. The van der Waals surface area contributed by atoms with Crippen molar-refractivity contribution in [2.75, 3.05) is 32.8 Å². The van der Waals surface area contributed by atoms with E-state index in [-0.39, 0.29) is 11.9 Å². The Kier molecular flexibility index (Phi) is 5.83. The summed E-state index contributed by atoms with van der Waals surface area (Å²) in [6.45, 7) is 6.11. The molecular weight excluding hydrogens is 316 g/mol. The number of hydrogen-bond acceptors (Lipinski definition) is 4. The number of rotatable bonds is 6. The number of morpholine rings is 1. The average molecular weight is 342 g/mol. The number of nitrogens with one attached hydrogen (secondary N) is 1. The minimum absolute atomic E-state index is 0.0417. The smallest absolute Gasteiger partial charge is 0.222 e. The van der Waals surface area contributed by atoms with Crippen LogP contribution in [0.2, 0.25) is 0 Å². The first-order valence-corrected chi connectivity index (χ1v) is 8.77. The van der Waals surface area contributed by atoms with Crippen molar-refractivity contribution in [3.05, 3.63) is 53.6 Å². The molecule has 0 bridgehead atoms. The molecule has 1 N–H and O–H groups in total. The van der Waals surface area contributed by atoms with Crippen LogP contribution in [0.4, 0.5) is 0 Å². The monoisotopic (exact) mass is 342 g/mol. The number of benzene rings is 1. The Morgan fingerprint density at radius 2 is 2.00 bits per heavy atom. The van der Waals surface area contributed by atoms with Crippen molar-refractivity contribution in [1.82, 2.24) is 19.8 Å². The summed E-state index contributed by atoms with van der Waals surface area (Å²) in [5.74, 6) is 0.878. The van der Waals surface area contributed by atoms with E-state index in [0.29, 0.717) is 6.42 Å². The van der Waals surface area contributed by atoms with Gasteiger partial charge in [-0.3, -0.25) is 9.69 Å². The van der Waals surface area contributed by atoms with Crippen molar-refractivity contribution in [2.24, 2.45) is 7.05 Å². The van der Waals surface area contributed by atoms with E-state index in [2.05, 4.69) is 46.4 Å². The predicted octanol–water partition coefficient (Wildman–Crippen LogP) is 1.66. The van der Waals surface area contributed by atoms with E-state index in [4.69, 9.17) is 4.74 Å². The molecule has 1 aromatic carbocycles. The third-order valence-corrected chi connectivity index (χ3v) is 4.59. The fraction of sp³-hybridized carbons (Fsp3) is 0.474. The Morgan fingerprint density at radius 3 is 2.64 bits per heavy atom. The number of carbonyl (C=O) groups excluding carboxylic acids is 1. The lowest BCUT2D eigenvalue weighted by molar-refractivity contribution is -0.122. The molecule has 134 valence electrons. The lowest BCUT2D eigenvalue weighted by atomic mass is 10.0. The van der Waals surface area contributed by atoms with E-state index >= 15 is 0 Å². The van der Waals surface area contributed by atoms with Gasteiger partial charge in [-0.05, 0) is 12.5 Å². The third kappa shape index (κ3) is 4.67. The minimum Gasteiger partial charge on any atom is -0.379 e. The van der Waals surface area contributed by atoms with Crippen molar-refractivity contribution in [2.45, 2.75) is 19.4 Å². The van der Waals surface area contributed by atoms with Crippen LogP contribution in [0.5, 0.6) is 0 Å². The predicted molar refractivity (Wildman–Crippen MR) is 96.2 cm³/mol. The van der Waals surface area contributed by atoms with Gasteiger partial charge >= 0.3 is 0 Å². The summed E-state index contributed by atoms with van der Waals surface area (Å²) in [5, 5.41) is 3.16. The van der Waals surface area contributed by atoms with Gasteiger partial charge in [0.25, 0.3) is 0 Å². The molecular formula is C19H26N4O2. The zero-order valence-electron chi connectivity index (χ0n) is 14.9. The molecule has 2 aromatic rings. The quantitative estimate of drug-likeness (QED) is 0.867. The molecule has 1 fully saturated rings. The highest BCUT2D eigenvalue weighted by Crippen LogP contribution is 2.21. The van der Waals surface area contributed by atoms with Crippen molar-refractivity contribution < 1.29 is 9.53 Å². The zero-order valence-corrected chi connectivity index (χ0v) is 14.9. The lowest BCUT2D eigenvalue weighted by Crippen LogP contribution is -2.39. The van der Waals surface area contributed by atoms with Crippen LogP contribution < -0.4 is 5.32 Å². The van der Waals surface area contributed by atoms with Gasteiger partial charge in [0, 0.05) is 45.5 Å². The van der Waals surface area contributed by atoms with E-state index in [1.807, 2.05) is 17.8 Å². The van der Waals surface area contributed by atoms with Crippen molar-refractivity contribution in [1.29, 1.82) is 0 Å². The Morgan fingerprint density at radius 1 is 1.28 bits per heavy atom. The molecule has 1 saturated heterocycles. The topological polar surface area (TPSA) is 59.4 Å². The van der Waals surface area contributed by atoms with Gasteiger partial charge < -0.3 is 14.6 Å². The van der Waals surface area contributed by atoms with Gasteiger partial charge in [0.15, 0.2) is 0 Å². The molecule has 0 aliphatic carbocycles. The number of amides is 1. The number of aromatic nitrogens is 2. The summed E-state index contributed by atoms with van der Waals surface area (Å²) >= 11 is 0. The lowest BCUT2D eigenvalue weighted by Gasteiger charge is -2.26. The highest BCUT2D eigenvalue weighted by molar-refractivity contribution is 5.77. The molecule has 0 spiro atoms. The molecule has 1 aliphatic heterocycles. The first kappa shape index (κ1) is 17.6. The summed E-state index contributed by atoms with van der Waals surface area (Å²) in [5.41, 5.74) is 2.24. The van der Waals surface area contributed by atoms with Crippen LogP contribution in [0.25, 0.3) is 0 Å². The van der Waals surface area contributed by atoms with Gasteiger partial charge in [0.05, 0.1) is 13.2 Å². The van der Waals surface area contributed by atoms with E-state index in [0.717, 1.165) is 44.2 Å². The number of imidazole rings is 1. The minimum atomic E-state index is -0.238. The maximum atomic E-state index is 12.5. The molecule has 0 saturated carbocycles. The van der Waals surface area contributed by atoms with Crippen molar-refractivity contribution in [3.63, 3.8) is 0 Å². The summed E-state index contributed by atoms with van der Waals surface area (Å²) in [6, 6.07) is 7.99. The van der Waals surface area contributed by atoms with Crippen LogP contribution in [-0.2, 0) is 16.6 Å². The molecule has 1 aromatic heterocycles. The zero-order chi connectivity index (χ0) is 17.6. The fourth-order valence-corrected chi connectivity index (χ4v) is 3.03. The Bertz CT molecular complexity index is 690. The van der Waals surface area contributed by atoms with Gasteiger partial charge in [-0.1, -0.05) is 29.8 Å². The maximum absolute atomic E-state index is 12.5. The number of carbonyl (C=O) groups is 1. The Labute approximate surface area is 148 Å². The van der Waals surface area contributed by atoms with Crippen LogP contribution in [-0.4, -0.2) is 53.2 Å². The molecule has 3 rings (SSSR count). The van der Waals surface area contributed by atoms with E-state index in [1.54, 1.807) is 6.20 Å². The Hall–Kier alpha value is -2.18. The standard InChI is InChI=1S/C19H26N4O2/c1-15-3-5-16(6-4-15)18(19-20-8-10-22(19)2)21-17(24)7-9-23-11-13-25-14-12-23/h3-6,8,10,18H,7,9,11-14H2,1-2H3,(H,21,24). The van der Waals surface area contributed by atoms with E-state index in [1.165, 1.54) is 5.56 Å². The van der Waals surface area contributed by atoms with Crippen molar-refractivity contribution in [3.8, 4) is 0 Å². The molecule has 1 aliphatic rings. The van der Waals surface area contributed by atoms with E-state index in [9.17, 15) is 4.79 Å². The van der Waals surface area contributed by atoms with Crippen LogP contribution >= 0.6 is 0 Å². The van der Waals surface area contributed by atoms with Gasteiger partial charge in [0.1, 0.15) is 11.9 Å². The fourth-order valence-electron chi connectivity index (χ4n) is 3.03. The normalized spacial score (nSPS) is 16.6. The van der Waals surface area contributed by atoms with E-state index < -0.39 is 0 Å². The molecule has 0 radical (unpaired) electrons. The average Bonchev–Trinajstić information content (AvgIpc) is 3.05. The highest BCUT2D eigenvalue weighted by atomic mass is 16.5. The Balaban J connectivity index is 1.68. The van der Waals surface area contributed by atoms with Crippen LogP contribution in [0.3, 0.4) is 0 Å². The van der Waals surface area contributed by atoms with Crippen molar-refractivity contribution >= 4 is 5.91 Å². The first-order valence-electron chi connectivity index (χ1n) is 8.77. The molecule has 1 atom stereocenters. The second-order valence-electron chi connectivity index (χ2n) is 6.51. The van der Waals surface area contributed by atoms with Crippen LogP contribution in [0, 0.1) is 6.92 Å². The van der Waals surface area contributed by atoms with Gasteiger partial charge in [-0.2, -0.15) is 0 Å². The maximum Gasteiger partial charge on any atom is 0.222 e. The van der Waals surface area contributed by atoms with Gasteiger partial charge in [-0.15, -0.1) is 0 Å². The summed E-state index contributed by atoms with van der Waals surface area (Å²) in [6.07, 6.45) is 4.14. The molecule has 2 heterocycles. The number of aryl methyl sites for hydroxylation is 2. The van der Waals surface area contributed by atoms with Gasteiger partial charge in [-0.25, -0.2) is 4.98 Å². The first-order chi connectivity index (χ1) is 12.1. The number of hydrogen-bond donors (Lipinski definition) is 1. The number of nitrogens with zero attached hydrogens (tertiary/aromatic N) is 3.